The van der Waals surface area contributed by atoms with E-state index in [1.165, 1.54) is 17.3 Å². The first kappa shape index (κ1) is 13.5. The van der Waals surface area contributed by atoms with Gasteiger partial charge in [0.1, 0.15) is 0 Å². The predicted octanol–water partition coefficient (Wildman–Crippen LogP) is 4.46. The number of carbonyl (C=O) groups excluding carboxylic acids is 1. The van der Waals surface area contributed by atoms with Crippen molar-refractivity contribution in [3.05, 3.63) is 57.1 Å². The molecule has 0 atom stereocenters. The lowest BCUT2D eigenvalue weighted by atomic mass is 10.2. The van der Waals surface area contributed by atoms with Gasteiger partial charge in [-0.3, -0.25) is 9.69 Å². The highest BCUT2D eigenvalue weighted by Gasteiger charge is 2.33. The van der Waals surface area contributed by atoms with Crippen molar-refractivity contribution < 1.29 is 4.79 Å². The van der Waals surface area contributed by atoms with Crippen LogP contribution in [0.15, 0.2) is 46.7 Å². The summed E-state index contributed by atoms with van der Waals surface area (Å²) in [4.78, 5) is 15.9. The van der Waals surface area contributed by atoms with Crippen LogP contribution in [0.2, 0.25) is 0 Å². The van der Waals surface area contributed by atoms with E-state index in [-0.39, 0.29) is 5.91 Å². The van der Waals surface area contributed by atoms with E-state index in [0.717, 1.165) is 10.6 Å². The zero-order valence-corrected chi connectivity index (χ0v) is 13.1. The number of carbonyl (C=O) groups is 1. The maximum Gasteiger partial charge on any atom is 0.270 e. The Labute approximate surface area is 131 Å². The fraction of sp³-hybridized carbons (Fsp3) is 0.0667. The molecule has 1 saturated heterocycles. The zero-order valence-electron chi connectivity index (χ0n) is 10.7. The van der Waals surface area contributed by atoms with Crippen LogP contribution in [0.5, 0.6) is 0 Å². The number of hydrogen-bond donors (Lipinski definition) is 0. The van der Waals surface area contributed by atoms with E-state index in [0.29, 0.717) is 9.23 Å². The smallest absolute Gasteiger partial charge is 0.268 e. The molecule has 20 heavy (non-hydrogen) atoms. The number of nitrogens with zero attached hydrogens (tertiary/aromatic N) is 1. The minimum absolute atomic E-state index is 0.0426. The third kappa shape index (κ3) is 2.44. The van der Waals surface area contributed by atoms with Crippen LogP contribution in [0.3, 0.4) is 0 Å². The van der Waals surface area contributed by atoms with Crippen LogP contribution >= 0.6 is 35.3 Å². The summed E-state index contributed by atoms with van der Waals surface area (Å²) in [6.45, 7) is 2.04. The molecule has 100 valence electrons. The highest BCUT2D eigenvalue weighted by molar-refractivity contribution is 8.27. The van der Waals surface area contributed by atoms with Crippen LogP contribution in [0, 0.1) is 6.92 Å². The first-order valence-electron chi connectivity index (χ1n) is 6.04. The molecule has 0 bridgehead atoms. The molecule has 2 nitrogen and oxygen atoms in total. The van der Waals surface area contributed by atoms with Crippen molar-refractivity contribution >= 4 is 57.3 Å². The van der Waals surface area contributed by atoms with Gasteiger partial charge in [-0.25, -0.2) is 0 Å². The number of hydrogen-bond acceptors (Lipinski definition) is 4. The molecule has 0 N–H and O–H groups in total. The number of benzene rings is 1. The van der Waals surface area contributed by atoms with Gasteiger partial charge in [0.25, 0.3) is 5.91 Å². The Hall–Kier alpha value is -1.43. The highest BCUT2D eigenvalue weighted by Crippen LogP contribution is 2.36. The number of thioether (sulfide) groups is 1. The summed E-state index contributed by atoms with van der Waals surface area (Å²) in [5, 5.41) is 2.03. The van der Waals surface area contributed by atoms with E-state index in [4.69, 9.17) is 12.2 Å². The Bertz CT molecular complexity index is 703. The van der Waals surface area contributed by atoms with Gasteiger partial charge < -0.3 is 0 Å². The van der Waals surface area contributed by atoms with Crippen molar-refractivity contribution in [3.63, 3.8) is 0 Å². The summed E-state index contributed by atoms with van der Waals surface area (Å²) in [5.74, 6) is -0.0426. The molecule has 2 aromatic rings. The molecule has 5 heteroatoms. The molecule has 0 saturated carbocycles. The van der Waals surface area contributed by atoms with Crippen molar-refractivity contribution in [1.29, 1.82) is 0 Å². The number of thiocarbonyl (C=S) groups is 1. The van der Waals surface area contributed by atoms with Crippen LogP contribution in [0.4, 0.5) is 5.69 Å². The Kier molecular flexibility index (Phi) is 3.74. The average molecular weight is 317 g/mol. The van der Waals surface area contributed by atoms with Crippen molar-refractivity contribution in [2.24, 2.45) is 0 Å². The lowest BCUT2D eigenvalue weighted by molar-refractivity contribution is -0.113. The van der Waals surface area contributed by atoms with E-state index in [2.05, 4.69) is 6.07 Å². The molecule has 0 unspecified atom stereocenters. The largest absolute Gasteiger partial charge is 0.270 e. The number of amides is 1. The molecule has 1 aliphatic heterocycles. The molecule has 0 aliphatic carbocycles. The fourth-order valence-corrected chi connectivity index (χ4v) is 4.13. The zero-order chi connectivity index (χ0) is 14.1. The predicted molar refractivity (Wildman–Crippen MR) is 91.2 cm³/mol. The number of para-hydroxylation sites is 1. The Morgan fingerprint density at radius 1 is 1.20 bits per heavy atom. The van der Waals surface area contributed by atoms with Gasteiger partial charge in [0.2, 0.25) is 0 Å². The third-order valence-electron chi connectivity index (χ3n) is 2.97. The normalized spacial score (nSPS) is 17.2. The summed E-state index contributed by atoms with van der Waals surface area (Å²) in [6.07, 6.45) is 1.93. The second-order valence-electron chi connectivity index (χ2n) is 4.32. The Balaban J connectivity index is 1.95. The van der Waals surface area contributed by atoms with Crippen molar-refractivity contribution in [1.82, 2.24) is 0 Å². The Morgan fingerprint density at radius 2 is 1.95 bits per heavy atom. The van der Waals surface area contributed by atoms with Gasteiger partial charge in [0, 0.05) is 4.88 Å². The average Bonchev–Trinajstić information content (AvgIpc) is 2.96. The number of aryl methyl sites for hydroxylation is 1. The topological polar surface area (TPSA) is 20.3 Å². The van der Waals surface area contributed by atoms with Crippen LogP contribution in [-0.4, -0.2) is 10.2 Å². The molecule has 1 aromatic carbocycles. The maximum atomic E-state index is 12.5. The summed E-state index contributed by atoms with van der Waals surface area (Å²) >= 11 is 8.33. The Morgan fingerprint density at radius 3 is 2.60 bits per heavy atom. The SMILES string of the molecule is Cc1ccsc1C=C1SC(=S)N(c2ccccc2)C1=O. The van der Waals surface area contributed by atoms with Crippen LogP contribution in [0.25, 0.3) is 6.08 Å². The molecule has 0 radical (unpaired) electrons. The lowest BCUT2D eigenvalue weighted by Crippen LogP contribution is -2.27. The van der Waals surface area contributed by atoms with Crippen LogP contribution < -0.4 is 4.90 Å². The van der Waals surface area contributed by atoms with Crippen LogP contribution in [-0.2, 0) is 4.79 Å². The molecule has 1 aliphatic rings. The fourth-order valence-electron chi connectivity index (χ4n) is 1.92. The minimum Gasteiger partial charge on any atom is -0.268 e. The standard InChI is InChI=1S/C15H11NOS3/c1-10-7-8-19-12(10)9-13-14(17)16(15(18)20-13)11-5-3-2-4-6-11/h2-9H,1H3. The molecule has 1 aromatic heterocycles. The van der Waals surface area contributed by atoms with Gasteiger partial charge in [0.15, 0.2) is 4.32 Å². The lowest BCUT2D eigenvalue weighted by Gasteiger charge is -2.13. The van der Waals surface area contributed by atoms with E-state index >= 15 is 0 Å². The molecular weight excluding hydrogens is 306 g/mol. The quantitative estimate of drug-likeness (QED) is 0.602. The summed E-state index contributed by atoms with van der Waals surface area (Å²) in [5.41, 5.74) is 2.00. The highest BCUT2D eigenvalue weighted by atomic mass is 32.2. The molecule has 1 amide bonds. The molecule has 0 spiro atoms. The van der Waals surface area contributed by atoms with Crippen molar-refractivity contribution in [2.75, 3.05) is 4.90 Å². The number of thiophene rings is 1. The van der Waals surface area contributed by atoms with Crippen molar-refractivity contribution in [2.45, 2.75) is 6.92 Å². The molecule has 2 heterocycles. The van der Waals surface area contributed by atoms with Gasteiger partial charge in [0.05, 0.1) is 10.6 Å². The molecule has 1 fully saturated rings. The first-order valence-corrected chi connectivity index (χ1v) is 8.14. The van der Waals surface area contributed by atoms with Crippen molar-refractivity contribution in [3.8, 4) is 0 Å². The maximum absolute atomic E-state index is 12.5. The molecular formula is C15H11NOS3. The van der Waals surface area contributed by atoms with E-state index in [1.54, 1.807) is 16.2 Å². The van der Waals surface area contributed by atoms with E-state index in [9.17, 15) is 4.79 Å². The van der Waals surface area contributed by atoms with Gasteiger partial charge in [-0.1, -0.05) is 42.2 Å². The van der Waals surface area contributed by atoms with Gasteiger partial charge in [-0.2, -0.15) is 0 Å². The van der Waals surface area contributed by atoms with E-state index in [1.807, 2.05) is 48.7 Å². The summed E-state index contributed by atoms with van der Waals surface area (Å²) < 4.78 is 0.585. The second-order valence-corrected chi connectivity index (χ2v) is 6.94. The summed E-state index contributed by atoms with van der Waals surface area (Å²) in [7, 11) is 0. The number of anilines is 1. The van der Waals surface area contributed by atoms with Gasteiger partial charge >= 0.3 is 0 Å². The van der Waals surface area contributed by atoms with Crippen LogP contribution in [0.1, 0.15) is 10.4 Å². The molecule has 3 rings (SSSR count). The monoisotopic (exact) mass is 317 g/mol. The summed E-state index contributed by atoms with van der Waals surface area (Å²) in [6, 6.07) is 11.6. The van der Waals surface area contributed by atoms with E-state index < -0.39 is 0 Å². The third-order valence-corrected chi connectivity index (χ3v) is 5.24. The minimum atomic E-state index is -0.0426. The first-order chi connectivity index (χ1) is 9.66. The van der Waals surface area contributed by atoms with Gasteiger partial charge in [-0.15, -0.1) is 11.3 Å². The number of rotatable bonds is 2. The van der Waals surface area contributed by atoms with Gasteiger partial charge in [-0.05, 0) is 42.1 Å². The second kappa shape index (κ2) is 5.52.